The van der Waals surface area contributed by atoms with Crippen LogP contribution in [0, 0.1) is 5.92 Å². The Balaban J connectivity index is 2.24. The van der Waals surface area contributed by atoms with Crippen LogP contribution in [0.25, 0.3) is 0 Å². The van der Waals surface area contributed by atoms with Crippen LogP contribution in [0.15, 0.2) is 0 Å². The fraction of sp³-hybridized carbons (Fsp3) is 0.889. The molecule has 1 rings (SSSR count). The van der Waals surface area contributed by atoms with Crippen molar-refractivity contribution in [3.63, 3.8) is 0 Å². The van der Waals surface area contributed by atoms with Gasteiger partial charge in [0.2, 0.25) is 0 Å². The molecule has 0 unspecified atom stereocenters. The van der Waals surface area contributed by atoms with Crippen LogP contribution in [0.4, 0.5) is 0 Å². The molecule has 2 atom stereocenters. The van der Waals surface area contributed by atoms with E-state index in [1.165, 1.54) is 12.8 Å². The van der Waals surface area contributed by atoms with E-state index in [0.29, 0.717) is 6.04 Å². The number of piperidine rings is 1. The van der Waals surface area contributed by atoms with E-state index in [-0.39, 0.29) is 5.92 Å². The Kier molecular flexibility index (Phi) is 3.53. The second-order valence-corrected chi connectivity index (χ2v) is 3.62. The third-order valence-electron chi connectivity index (χ3n) is 2.47. The lowest BCUT2D eigenvalue weighted by atomic mass is 9.95. The van der Waals surface area contributed by atoms with Crippen molar-refractivity contribution in [2.24, 2.45) is 5.92 Å². The first-order valence-electron chi connectivity index (χ1n) is 4.66. The zero-order valence-corrected chi connectivity index (χ0v) is 7.55. The predicted molar refractivity (Wildman–Crippen MR) is 47.1 cm³/mol. The molecule has 0 aromatic carbocycles. The predicted octanol–water partition coefficient (Wildman–Crippen LogP) is 1.24. The van der Waals surface area contributed by atoms with Gasteiger partial charge in [-0.1, -0.05) is 13.3 Å². The highest BCUT2D eigenvalue weighted by Crippen LogP contribution is 2.14. The SMILES string of the molecule is C[C@H](C[C@@H]1CCCCN1)C(=O)O. The molecular weight excluding hydrogens is 154 g/mol. The highest BCUT2D eigenvalue weighted by Gasteiger charge is 2.19. The Labute approximate surface area is 73.2 Å². The molecule has 1 aliphatic rings. The summed E-state index contributed by atoms with van der Waals surface area (Å²) < 4.78 is 0. The molecule has 2 N–H and O–H groups in total. The van der Waals surface area contributed by atoms with Gasteiger partial charge in [-0.25, -0.2) is 0 Å². The highest BCUT2D eigenvalue weighted by molar-refractivity contribution is 5.69. The van der Waals surface area contributed by atoms with Gasteiger partial charge in [-0.15, -0.1) is 0 Å². The van der Waals surface area contributed by atoms with Crippen molar-refractivity contribution in [3.05, 3.63) is 0 Å². The molecule has 12 heavy (non-hydrogen) atoms. The third-order valence-corrected chi connectivity index (χ3v) is 2.47. The van der Waals surface area contributed by atoms with Gasteiger partial charge in [-0.3, -0.25) is 4.79 Å². The van der Waals surface area contributed by atoms with E-state index in [0.717, 1.165) is 19.4 Å². The Morgan fingerprint density at radius 3 is 2.92 bits per heavy atom. The van der Waals surface area contributed by atoms with Gasteiger partial charge in [-0.05, 0) is 25.8 Å². The second kappa shape index (κ2) is 4.45. The molecule has 1 aliphatic heterocycles. The Morgan fingerprint density at radius 1 is 1.67 bits per heavy atom. The van der Waals surface area contributed by atoms with Gasteiger partial charge in [-0.2, -0.15) is 0 Å². The molecule has 0 amide bonds. The molecule has 3 nitrogen and oxygen atoms in total. The molecule has 0 aliphatic carbocycles. The zero-order valence-electron chi connectivity index (χ0n) is 7.55. The summed E-state index contributed by atoms with van der Waals surface area (Å²) in [6.45, 7) is 2.83. The van der Waals surface area contributed by atoms with Gasteiger partial charge >= 0.3 is 5.97 Å². The molecule has 0 spiro atoms. The molecule has 0 bridgehead atoms. The number of hydrogen-bond donors (Lipinski definition) is 2. The monoisotopic (exact) mass is 171 g/mol. The molecule has 70 valence electrons. The molecule has 0 radical (unpaired) electrons. The first kappa shape index (κ1) is 9.52. The van der Waals surface area contributed by atoms with Crippen molar-refractivity contribution < 1.29 is 9.90 Å². The lowest BCUT2D eigenvalue weighted by Crippen LogP contribution is -2.36. The van der Waals surface area contributed by atoms with Crippen molar-refractivity contribution in [2.75, 3.05) is 6.54 Å². The lowest BCUT2D eigenvalue weighted by Gasteiger charge is -2.24. The number of carbonyl (C=O) groups is 1. The van der Waals surface area contributed by atoms with Crippen LogP contribution in [0.1, 0.15) is 32.6 Å². The van der Waals surface area contributed by atoms with E-state index in [9.17, 15) is 4.79 Å². The zero-order chi connectivity index (χ0) is 8.97. The van der Waals surface area contributed by atoms with E-state index < -0.39 is 5.97 Å². The fourth-order valence-corrected chi connectivity index (χ4v) is 1.65. The van der Waals surface area contributed by atoms with Crippen LogP contribution >= 0.6 is 0 Å². The molecule has 1 heterocycles. The van der Waals surface area contributed by atoms with Crippen molar-refractivity contribution in [3.8, 4) is 0 Å². The standard InChI is InChI=1S/C9H17NO2/c1-7(9(11)12)6-8-4-2-3-5-10-8/h7-8,10H,2-6H2,1H3,(H,11,12)/t7-,8+/m1/s1. The fourth-order valence-electron chi connectivity index (χ4n) is 1.65. The Hall–Kier alpha value is -0.570. The molecule has 1 fully saturated rings. The molecule has 3 heteroatoms. The van der Waals surface area contributed by atoms with Gasteiger partial charge in [0.05, 0.1) is 5.92 Å². The van der Waals surface area contributed by atoms with Gasteiger partial charge in [0.15, 0.2) is 0 Å². The van der Waals surface area contributed by atoms with Crippen LogP contribution in [-0.4, -0.2) is 23.7 Å². The summed E-state index contributed by atoms with van der Waals surface area (Å²) in [5, 5.41) is 12.0. The van der Waals surface area contributed by atoms with Crippen LogP contribution in [0.5, 0.6) is 0 Å². The minimum atomic E-state index is -0.678. The van der Waals surface area contributed by atoms with Gasteiger partial charge in [0, 0.05) is 6.04 Å². The van der Waals surface area contributed by atoms with E-state index >= 15 is 0 Å². The smallest absolute Gasteiger partial charge is 0.306 e. The summed E-state index contributed by atoms with van der Waals surface area (Å²) in [4.78, 5) is 10.5. The summed E-state index contributed by atoms with van der Waals surface area (Å²) in [5.41, 5.74) is 0. The van der Waals surface area contributed by atoms with Crippen LogP contribution in [0.3, 0.4) is 0 Å². The van der Waals surface area contributed by atoms with Gasteiger partial charge < -0.3 is 10.4 Å². The minimum absolute atomic E-state index is 0.208. The average Bonchev–Trinajstić information content (AvgIpc) is 2.06. The van der Waals surface area contributed by atoms with Crippen molar-refractivity contribution in [1.29, 1.82) is 0 Å². The van der Waals surface area contributed by atoms with Crippen molar-refractivity contribution >= 4 is 5.97 Å². The largest absolute Gasteiger partial charge is 0.481 e. The number of hydrogen-bond acceptors (Lipinski definition) is 2. The number of nitrogens with one attached hydrogen (secondary N) is 1. The Bertz CT molecular complexity index is 153. The average molecular weight is 171 g/mol. The maximum Gasteiger partial charge on any atom is 0.306 e. The van der Waals surface area contributed by atoms with Gasteiger partial charge in [0.1, 0.15) is 0 Å². The minimum Gasteiger partial charge on any atom is -0.481 e. The summed E-state index contributed by atoms with van der Waals surface area (Å²) in [5.74, 6) is -0.886. The van der Waals surface area contributed by atoms with E-state index in [2.05, 4.69) is 5.32 Å². The molecule has 0 saturated carbocycles. The maximum absolute atomic E-state index is 10.5. The number of carboxylic acid groups (broad SMARTS) is 1. The summed E-state index contributed by atoms with van der Waals surface area (Å²) in [6, 6.07) is 0.435. The molecular formula is C9H17NO2. The number of aliphatic carboxylic acids is 1. The van der Waals surface area contributed by atoms with E-state index in [1.807, 2.05) is 0 Å². The normalized spacial score (nSPS) is 26.6. The van der Waals surface area contributed by atoms with Crippen molar-refractivity contribution in [2.45, 2.75) is 38.6 Å². The van der Waals surface area contributed by atoms with Crippen molar-refractivity contribution in [1.82, 2.24) is 5.32 Å². The number of carboxylic acids is 1. The first-order chi connectivity index (χ1) is 5.70. The summed E-state index contributed by atoms with van der Waals surface area (Å²) >= 11 is 0. The Morgan fingerprint density at radius 2 is 2.42 bits per heavy atom. The van der Waals surface area contributed by atoms with Crippen LogP contribution < -0.4 is 5.32 Å². The first-order valence-corrected chi connectivity index (χ1v) is 4.66. The molecule has 0 aromatic heterocycles. The number of rotatable bonds is 3. The quantitative estimate of drug-likeness (QED) is 0.671. The maximum atomic E-state index is 10.5. The van der Waals surface area contributed by atoms with E-state index in [1.54, 1.807) is 6.92 Å². The highest BCUT2D eigenvalue weighted by atomic mass is 16.4. The lowest BCUT2D eigenvalue weighted by molar-refractivity contribution is -0.141. The van der Waals surface area contributed by atoms with Crippen LogP contribution in [0.2, 0.25) is 0 Å². The summed E-state index contributed by atoms with van der Waals surface area (Å²) in [7, 11) is 0. The third kappa shape index (κ3) is 2.81. The molecule has 1 saturated heterocycles. The van der Waals surface area contributed by atoms with Gasteiger partial charge in [0.25, 0.3) is 0 Å². The second-order valence-electron chi connectivity index (χ2n) is 3.62. The van der Waals surface area contributed by atoms with Crippen LogP contribution in [-0.2, 0) is 4.79 Å². The summed E-state index contributed by atoms with van der Waals surface area (Å²) in [6.07, 6.45) is 4.38. The molecule has 0 aromatic rings. The topological polar surface area (TPSA) is 49.3 Å². The van der Waals surface area contributed by atoms with E-state index in [4.69, 9.17) is 5.11 Å².